The number of nitrogens with one attached hydrogen (secondary N) is 1. The van der Waals surface area contributed by atoms with Crippen molar-refractivity contribution in [2.45, 2.75) is 24.8 Å². The van der Waals surface area contributed by atoms with E-state index in [1.54, 1.807) is 12.1 Å². The molecule has 3 aromatic rings. The highest BCUT2D eigenvalue weighted by atomic mass is 35.5. The molecule has 0 spiro atoms. The molecule has 35 heavy (non-hydrogen) atoms. The third kappa shape index (κ3) is 5.13. The summed E-state index contributed by atoms with van der Waals surface area (Å²) in [6.07, 6.45) is -0.0860. The molecule has 0 radical (unpaired) electrons. The van der Waals surface area contributed by atoms with E-state index >= 15 is 0 Å². The van der Waals surface area contributed by atoms with Gasteiger partial charge in [-0.2, -0.15) is 0 Å². The van der Waals surface area contributed by atoms with Gasteiger partial charge in [0.15, 0.2) is 5.17 Å². The smallest absolute Gasteiger partial charge is 0.259 e. The van der Waals surface area contributed by atoms with Crippen LogP contribution in [0.15, 0.2) is 82.8 Å². The minimum atomic E-state index is -0.842. The van der Waals surface area contributed by atoms with E-state index in [0.29, 0.717) is 21.8 Å². The Morgan fingerprint density at radius 3 is 2.51 bits per heavy atom. The van der Waals surface area contributed by atoms with Crippen molar-refractivity contribution in [2.75, 3.05) is 0 Å². The Hall–Kier alpha value is -3.49. The summed E-state index contributed by atoms with van der Waals surface area (Å²) in [6, 6.07) is 20.1. The standard InChI is InChI=1S/C26H20ClFN4O2S/c27-18-9-5-17(6-10-18)15-35-26-31-21-4-2-1-3-20(21)24-30-22(25(34)32(24)26)13-23(33)29-14-16-7-11-19(28)12-8-16/h1-12,22H,13-15H2,(H,29,33)/t22-/m1/s1. The predicted octanol–water partition coefficient (Wildman–Crippen LogP) is 5.08. The van der Waals surface area contributed by atoms with E-state index in [9.17, 15) is 14.0 Å². The summed E-state index contributed by atoms with van der Waals surface area (Å²) in [5.41, 5.74) is 3.30. The van der Waals surface area contributed by atoms with Crippen LogP contribution in [0.25, 0.3) is 0 Å². The van der Waals surface area contributed by atoms with Gasteiger partial charge in [0.2, 0.25) is 5.91 Å². The maximum absolute atomic E-state index is 13.3. The molecule has 0 aromatic heterocycles. The molecule has 0 fully saturated rings. The van der Waals surface area contributed by atoms with Gasteiger partial charge in [0.1, 0.15) is 17.7 Å². The monoisotopic (exact) mass is 506 g/mol. The van der Waals surface area contributed by atoms with E-state index in [4.69, 9.17) is 16.6 Å². The topological polar surface area (TPSA) is 74.1 Å². The SMILES string of the molecule is O=C(C[C@H]1N=C2c3ccccc3N=C(SCc3ccc(Cl)cc3)N2C1=O)NCc1ccc(F)cc1. The summed E-state index contributed by atoms with van der Waals surface area (Å²) in [5.74, 6) is 0.176. The lowest BCUT2D eigenvalue weighted by Gasteiger charge is -2.25. The second-order valence-electron chi connectivity index (χ2n) is 8.08. The average molecular weight is 507 g/mol. The number of carbonyl (C=O) groups excluding carboxylic acids is 2. The van der Waals surface area contributed by atoms with Crippen molar-refractivity contribution in [3.05, 3.63) is 100 Å². The second-order valence-corrected chi connectivity index (χ2v) is 9.46. The highest BCUT2D eigenvalue weighted by molar-refractivity contribution is 8.13. The van der Waals surface area contributed by atoms with E-state index in [-0.39, 0.29) is 30.6 Å². The van der Waals surface area contributed by atoms with Gasteiger partial charge in [-0.1, -0.05) is 59.8 Å². The third-order valence-corrected chi connectivity index (χ3v) is 6.87. The quantitative estimate of drug-likeness (QED) is 0.507. The van der Waals surface area contributed by atoms with Crippen LogP contribution in [0.3, 0.4) is 0 Å². The summed E-state index contributed by atoms with van der Waals surface area (Å²) >= 11 is 7.41. The lowest BCUT2D eigenvalue weighted by atomic mass is 10.1. The molecule has 0 unspecified atom stereocenters. The van der Waals surface area contributed by atoms with Crippen molar-refractivity contribution in [3.63, 3.8) is 0 Å². The molecule has 3 aromatic carbocycles. The van der Waals surface area contributed by atoms with Crippen LogP contribution in [-0.2, 0) is 21.9 Å². The number of rotatable bonds is 6. The number of para-hydroxylation sites is 1. The third-order valence-electron chi connectivity index (χ3n) is 5.61. The molecular weight excluding hydrogens is 487 g/mol. The molecule has 9 heteroatoms. The maximum atomic E-state index is 13.3. The Labute approximate surface area is 210 Å². The number of hydrogen-bond donors (Lipinski definition) is 1. The van der Waals surface area contributed by atoms with Gasteiger partial charge in [0, 0.05) is 22.9 Å². The fraction of sp³-hybridized carbons (Fsp3) is 0.154. The second kappa shape index (κ2) is 10.0. The molecular formula is C26H20ClFN4O2S. The predicted molar refractivity (Wildman–Crippen MR) is 136 cm³/mol. The molecule has 0 aliphatic carbocycles. The first-order valence-corrected chi connectivity index (χ1v) is 12.3. The highest BCUT2D eigenvalue weighted by Crippen LogP contribution is 2.35. The highest BCUT2D eigenvalue weighted by Gasteiger charge is 2.42. The first-order chi connectivity index (χ1) is 17.0. The molecule has 2 aliphatic rings. The zero-order valence-corrected chi connectivity index (χ0v) is 20.0. The van der Waals surface area contributed by atoms with Crippen molar-refractivity contribution in [1.29, 1.82) is 0 Å². The van der Waals surface area contributed by atoms with Crippen LogP contribution >= 0.6 is 23.4 Å². The molecule has 0 bridgehead atoms. The van der Waals surface area contributed by atoms with Gasteiger partial charge < -0.3 is 5.32 Å². The van der Waals surface area contributed by atoms with Gasteiger partial charge in [-0.3, -0.25) is 14.6 Å². The number of halogens is 2. The van der Waals surface area contributed by atoms with Gasteiger partial charge in [-0.15, -0.1) is 0 Å². The average Bonchev–Trinajstić information content (AvgIpc) is 3.19. The maximum Gasteiger partial charge on any atom is 0.259 e. The lowest BCUT2D eigenvalue weighted by Crippen LogP contribution is -2.42. The molecule has 2 heterocycles. The number of amidine groups is 2. The van der Waals surface area contributed by atoms with Crippen LogP contribution in [0, 0.1) is 5.82 Å². The molecule has 0 saturated carbocycles. The molecule has 2 amide bonds. The van der Waals surface area contributed by atoms with Crippen molar-refractivity contribution < 1.29 is 14.0 Å². The van der Waals surface area contributed by atoms with Crippen molar-refractivity contribution in [3.8, 4) is 0 Å². The normalized spacial score (nSPS) is 16.3. The van der Waals surface area contributed by atoms with E-state index in [1.807, 2.05) is 48.5 Å². The van der Waals surface area contributed by atoms with Crippen molar-refractivity contribution in [2.24, 2.45) is 9.98 Å². The lowest BCUT2D eigenvalue weighted by molar-refractivity contribution is -0.128. The van der Waals surface area contributed by atoms with Gasteiger partial charge in [0.05, 0.1) is 12.1 Å². The summed E-state index contributed by atoms with van der Waals surface area (Å²) in [7, 11) is 0. The minimum Gasteiger partial charge on any atom is -0.352 e. The number of hydrogen-bond acceptors (Lipinski definition) is 5. The van der Waals surface area contributed by atoms with Crippen LogP contribution in [0.5, 0.6) is 0 Å². The Morgan fingerprint density at radius 1 is 1.03 bits per heavy atom. The number of fused-ring (bicyclic) bond motifs is 3. The Bertz CT molecular complexity index is 1340. The van der Waals surface area contributed by atoms with E-state index in [0.717, 1.165) is 22.4 Å². The summed E-state index contributed by atoms with van der Waals surface area (Å²) in [6.45, 7) is 0.243. The zero-order valence-electron chi connectivity index (χ0n) is 18.4. The van der Waals surface area contributed by atoms with E-state index < -0.39 is 6.04 Å². The number of amides is 2. The molecule has 6 nitrogen and oxygen atoms in total. The van der Waals surface area contributed by atoms with Crippen molar-refractivity contribution >= 4 is 51.9 Å². The van der Waals surface area contributed by atoms with Crippen LogP contribution < -0.4 is 5.32 Å². The Kier molecular flexibility index (Phi) is 6.66. The fourth-order valence-corrected chi connectivity index (χ4v) is 4.89. The zero-order chi connectivity index (χ0) is 24.4. The van der Waals surface area contributed by atoms with Crippen LogP contribution in [0.4, 0.5) is 10.1 Å². The van der Waals surface area contributed by atoms with Crippen LogP contribution in [-0.4, -0.2) is 33.8 Å². The van der Waals surface area contributed by atoms with Crippen LogP contribution in [0.1, 0.15) is 23.1 Å². The first kappa shape index (κ1) is 23.3. The summed E-state index contributed by atoms with van der Waals surface area (Å²) in [4.78, 5) is 36.8. The minimum absolute atomic E-state index is 0.0860. The Balaban J connectivity index is 1.32. The molecule has 0 saturated heterocycles. The number of aliphatic imine (C=N–C) groups is 2. The van der Waals surface area contributed by atoms with E-state index in [2.05, 4.69) is 10.3 Å². The molecule has 5 rings (SSSR count). The van der Waals surface area contributed by atoms with E-state index in [1.165, 1.54) is 28.8 Å². The largest absolute Gasteiger partial charge is 0.352 e. The molecule has 2 aliphatic heterocycles. The number of nitrogens with zero attached hydrogens (tertiary/aromatic N) is 3. The fourth-order valence-electron chi connectivity index (χ4n) is 3.81. The molecule has 176 valence electrons. The van der Waals surface area contributed by atoms with Gasteiger partial charge >= 0.3 is 0 Å². The number of carbonyl (C=O) groups is 2. The molecule has 1 N–H and O–H groups in total. The van der Waals surface area contributed by atoms with Gasteiger partial charge in [-0.25, -0.2) is 14.3 Å². The molecule has 1 atom stereocenters. The number of benzene rings is 3. The first-order valence-electron chi connectivity index (χ1n) is 11.0. The summed E-state index contributed by atoms with van der Waals surface area (Å²) < 4.78 is 13.1. The van der Waals surface area contributed by atoms with Crippen molar-refractivity contribution in [1.82, 2.24) is 10.2 Å². The van der Waals surface area contributed by atoms with Crippen LogP contribution in [0.2, 0.25) is 5.02 Å². The summed E-state index contributed by atoms with van der Waals surface area (Å²) in [5, 5.41) is 3.97. The van der Waals surface area contributed by atoms with Gasteiger partial charge in [0.25, 0.3) is 5.91 Å². The van der Waals surface area contributed by atoms with Gasteiger partial charge in [-0.05, 0) is 47.5 Å². The number of thioether (sulfide) groups is 1. The Morgan fingerprint density at radius 2 is 1.74 bits per heavy atom.